The Morgan fingerprint density at radius 2 is 1.87 bits per heavy atom. The average Bonchev–Trinajstić information content (AvgIpc) is 3.28. The van der Waals surface area contributed by atoms with Gasteiger partial charge in [-0.05, 0) is 50.3 Å². The molecule has 8 heteroatoms. The standard InChI is InChI=1S/C22H27FN4O3/c1-2-19(28)26-12-9-15(10-13-26)20-24-25-21(30-20)18-8-3-4-11-27(18)22(29)16-6-5-7-17(23)14-16/h5-7,14-15,18H,2-4,8-13H2,1H3. The van der Waals surface area contributed by atoms with E-state index in [-0.39, 0.29) is 23.8 Å². The second kappa shape index (κ2) is 8.93. The minimum atomic E-state index is -0.428. The summed E-state index contributed by atoms with van der Waals surface area (Å²) in [7, 11) is 0. The third kappa shape index (κ3) is 4.22. The maximum Gasteiger partial charge on any atom is 0.254 e. The van der Waals surface area contributed by atoms with Crippen molar-refractivity contribution in [3.05, 3.63) is 47.4 Å². The van der Waals surface area contributed by atoms with E-state index in [0.717, 1.165) is 32.1 Å². The zero-order valence-electron chi connectivity index (χ0n) is 17.2. The Hall–Kier alpha value is -2.77. The van der Waals surface area contributed by atoms with Crippen molar-refractivity contribution in [3.63, 3.8) is 0 Å². The molecule has 0 N–H and O–H groups in total. The smallest absolute Gasteiger partial charge is 0.254 e. The number of carbonyl (C=O) groups is 2. The first kappa shape index (κ1) is 20.5. The monoisotopic (exact) mass is 414 g/mol. The Bertz CT molecular complexity index is 907. The van der Waals surface area contributed by atoms with Crippen molar-refractivity contribution in [2.24, 2.45) is 0 Å². The van der Waals surface area contributed by atoms with E-state index in [1.54, 1.807) is 17.0 Å². The first-order valence-electron chi connectivity index (χ1n) is 10.7. The summed E-state index contributed by atoms with van der Waals surface area (Å²) in [6, 6.07) is 5.47. The lowest BCUT2D eigenvalue weighted by atomic mass is 9.96. The number of rotatable bonds is 4. The summed E-state index contributed by atoms with van der Waals surface area (Å²) >= 11 is 0. The Morgan fingerprint density at radius 3 is 2.60 bits per heavy atom. The van der Waals surface area contributed by atoms with Crippen LogP contribution < -0.4 is 0 Å². The number of benzene rings is 1. The van der Waals surface area contributed by atoms with Crippen LogP contribution in [0, 0.1) is 5.82 Å². The van der Waals surface area contributed by atoms with E-state index < -0.39 is 5.82 Å². The molecule has 1 aromatic carbocycles. The van der Waals surface area contributed by atoms with E-state index in [1.807, 2.05) is 11.8 Å². The van der Waals surface area contributed by atoms with Crippen LogP contribution in [0.25, 0.3) is 0 Å². The maximum absolute atomic E-state index is 13.6. The third-order valence-corrected chi connectivity index (χ3v) is 6.08. The van der Waals surface area contributed by atoms with E-state index in [4.69, 9.17) is 4.42 Å². The van der Waals surface area contributed by atoms with Gasteiger partial charge in [-0.25, -0.2) is 4.39 Å². The summed E-state index contributed by atoms with van der Waals surface area (Å²) in [6.07, 6.45) is 4.71. The van der Waals surface area contributed by atoms with Crippen LogP contribution in [0.1, 0.15) is 79.5 Å². The van der Waals surface area contributed by atoms with Crippen LogP contribution >= 0.6 is 0 Å². The molecule has 30 heavy (non-hydrogen) atoms. The van der Waals surface area contributed by atoms with Crippen molar-refractivity contribution in [1.29, 1.82) is 0 Å². The molecule has 0 saturated carbocycles. The number of aromatic nitrogens is 2. The normalized spacial score (nSPS) is 20.4. The van der Waals surface area contributed by atoms with Gasteiger partial charge in [0.15, 0.2) is 0 Å². The second-order valence-electron chi connectivity index (χ2n) is 8.01. The molecule has 1 unspecified atom stereocenters. The van der Waals surface area contributed by atoms with Crippen molar-refractivity contribution in [2.75, 3.05) is 19.6 Å². The second-order valence-corrected chi connectivity index (χ2v) is 8.01. The van der Waals surface area contributed by atoms with Crippen LogP contribution in [0.3, 0.4) is 0 Å². The zero-order valence-corrected chi connectivity index (χ0v) is 17.2. The highest BCUT2D eigenvalue weighted by atomic mass is 19.1. The third-order valence-electron chi connectivity index (χ3n) is 6.08. The molecular formula is C22H27FN4O3. The fourth-order valence-electron chi connectivity index (χ4n) is 4.36. The Morgan fingerprint density at radius 1 is 1.10 bits per heavy atom. The van der Waals surface area contributed by atoms with Gasteiger partial charge in [-0.1, -0.05) is 13.0 Å². The molecule has 1 aromatic heterocycles. The molecular weight excluding hydrogens is 387 g/mol. The van der Waals surface area contributed by atoms with Gasteiger partial charge in [0.2, 0.25) is 17.7 Å². The van der Waals surface area contributed by atoms with Crippen molar-refractivity contribution >= 4 is 11.8 Å². The van der Waals surface area contributed by atoms with Crippen LogP contribution in [0.15, 0.2) is 28.7 Å². The highest BCUT2D eigenvalue weighted by Crippen LogP contribution is 2.34. The number of carbonyl (C=O) groups excluding carboxylic acids is 2. The van der Waals surface area contributed by atoms with E-state index in [2.05, 4.69) is 10.2 Å². The molecule has 2 fully saturated rings. The molecule has 0 aliphatic carbocycles. The van der Waals surface area contributed by atoms with E-state index in [1.165, 1.54) is 12.1 Å². The van der Waals surface area contributed by atoms with Gasteiger partial charge in [0.25, 0.3) is 5.91 Å². The zero-order chi connectivity index (χ0) is 21.1. The van der Waals surface area contributed by atoms with Gasteiger partial charge in [-0.3, -0.25) is 9.59 Å². The first-order chi connectivity index (χ1) is 14.6. The minimum Gasteiger partial charge on any atom is -0.423 e. The summed E-state index contributed by atoms with van der Waals surface area (Å²) < 4.78 is 19.6. The maximum atomic E-state index is 13.6. The lowest BCUT2D eigenvalue weighted by molar-refractivity contribution is -0.131. The molecule has 2 aromatic rings. The molecule has 0 spiro atoms. The van der Waals surface area contributed by atoms with Crippen molar-refractivity contribution < 1.29 is 18.4 Å². The van der Waals surface area contributed by atoms with E-state index in [9.17, 15) is 14.0 Å². The quantitative estimate of drug-likeness (QED) is 0.762. The Kier molecular flexibility index (Phi) is 6.11. The van der Waals surface area contributed by atoms with Gasteiger partial charge >= 0.3 is 0 Å². The van der Waals surface area contributed by atoms with Crippen LogP contribution in [0.2, 0.25) is 0 Å². The number of hydrogen-bond donors (Lipinski definition) is 0. The predicted octanol–water partition coefficient (Wildman–Crippen LogP) is 3.69. The van der Waals surface area contributed by atoms with E-state index >= 15 is 0 Å². The molecule has 160 valence electrons. The van der Waals surface area contributed by atoms with Gasteiger partial charge in [-0.15, -0.1) is 10.2 Å². The topological polar surface area (TPSA) is 79.5 Å². The molecule has 2 saturated heterocycles. The van der Waals surface area contributed by atoms with Gasteiger partial charge in [0.1, 0.15) is 11.9 Å². The van der Waals surface area contributed by atoms with Crippen molar-refractivity contribution in [1.82, 2.24) is 20.0 Å². The number of nitrogens with zero attached hydrogens (tertiary/aromatic N) is 4. The molecule has 2 aliphatic heterocycles. The van der Waals surface area contributed by atoms with Crippen molar-refractivity contribution in [2.45, 2.75) is 57.4 Å². The summed E-state index contributed by atoms with van der Waals surface area (Å²) in [5.41, 5.74) is 0.328. The Balaban J connectivity index is 1.47. The number of amides is 2. The van der Waals surface area contributed by atoms with Crippen LogP contribution in [-0.4, -0.2) is 51.4 Å². The molecule has 4 rings (SSSR count). The molecule has 3 heterocycles. The van der Waals surface area contributed by atoms with Gasteiger partial charge in [-0.2, -0.15) is 0 Å². The molecule has 2 aliphatic rings. The molecule has 0 radical (unpaired) electrons. The highest BCUT2D eigenvalue weighted by molar-refractivity contribution is 5.94. The van der Waals surface area contributed by atoms with Gasteiger partial charge < -0.3 is 14.2 Å². The molecule has 2 amide bonds. The lowest BCUT2D eigenvalue weighted by Gasteiger charge is -2.33. The molecule has 1 atom stereocenters. The lowest BCUT2D eigenvalue weighted by Crippen LogP contribution is -2.38. The average molecular weight is 414 g/mol. The summed E-state index contributed by atoms with van der Waals surface area (Å²) in [5, 5.41) is 8.53. The predicted molar refractivity (Wildman–Crippen MR) is 107 cm³/mol. The summed E-state index contributed by atoms with van der Waals surface area (Å²) in [6.45, 7) is 3.85. The minimum absolute atomic E-state index is 0.128. The SMILES string of the molecule is CCC(=O)N1CCC(c2nnc(C3CCCCN3C(=O)c3cccc(F)c3)o2)CC1. The first-order valence-corrected chi connectivity index (χ1v) is 10.7. The van der Waals surface area contributed by atoms with Crippen LogP contribution in [0.5, 0.6) is 0 Å². The van der Waals surface area contributed by atoms with Gasteiger partial charge in [0, 0.05) is 37.5 Å². The highest BCUT2D eigenvalue weighted by Gasteiger charge is 2.34. The Labute approximate surface area is 175 Å². The van der Waals surface area contributed by atoms with Crippen molar-refractivity contribution in [3.8, 4) is 0 Å². The van der Waals surface area contributed by atoms with Crippen LogP contribution in [-0.2, 0) is 4.79 Å². The van der Waals surface area contributed by atoms with Gasteiger partial charge in [0.05, 0.1) is 0 Å². The number of likely N-dealkylation sites (tertiary alicyclic amines) is 2. The molecule has 7 nitrogen and oxygen atoms in total. The largest absolute Gasteiger partial charge is 0.423 e. The fourth-order valence-corrected chi connectivity index (χ4v) is 4.36. The summed E-state index contributed by atoms with van der Waals surface area (Å²) in [5.74, 6) is 0.683. The summed E-state index contributed by atoms with van der Waals surface area (Å²) in [4.78, 5) is 28.5. The molecule has 0 bridgehead atoms. The van der Waals surface area contributed by atoms with E-state index in [0.29, 0.717) is 43.4 Å². The number of halogens is 1. The number of piperidine rings is 2. The number of hydrogen-bond acceptors (Lipinski definition) is 5. The van der Waals surface area contributed by atoms with Crippen LogP contribution in [0.4, 0.5) is 4.39 Å². The fraction of sp³-hybridized carbons (Fsp3) is 0.545.